The highest BCUT2D eigenvalue weighted by atomic mass is 32.1. The summed E-state index contributed by atoms with van der Waals surface area (Å²) < 4.78 is 0. The normalized spacial score (nSPS) is 18.0. The number of aryl methyl sites for hydroxylation is 1. The van der Waals surface area contributed by atoms with Crippen LogP contribution in [-0.2, 0) is 0 Å². The van der Waals surface area contributed by atoms with E-state index in [-0.39, 0.29) is 12.6 Å². The summed E-state index contributed by atoms with van der Waals surface area (Å²) in [6.45, 7) is 2.23. The monoisotopic (exact) mass is 282 g/mol. The molecule has 0 aromatic carbocycles. The van der Waals surface area contributed by atoms with Crippen LogP contribution in [0.25, 0.3) is 0 Å². The minimum absolute atomic E-state index is 0.167. The molecule has 1 aromatic rings. The van der Waals surface area contributed by atoms with Crippen molar-refractivity contribution in [3.8, 4) is 0 Å². The van der Waals surface area contributed by atoms with E-state index in [1.165, 1.54) is 30.6 Å². The molecule has 19 heavy (non-hydrogen) atoms. The molecule has 1 saturated carbocycles. The van der Waals surface area contributed by atoms with Gasteiger partial charge in [-0.2, -0.15) is 0 Å². The first kappa shape index (κ1) is 14.3. The SMILES string of the molecule is Cc1ccsc1C(O)CNC(=O)NC1CCCCC1. The molecular weight excluding hydrogens is 260 g/mol. The largest absolute Gasteiger partial charge is 0.386 e. The van der Waals surface area contributed by atoms with Crippen molar-refractivity contribution >= 4 is 17.4 Å². The lowest BCUT2D eigenvalue weighted by Gasteiger charge is -2.23. The van der Waals surface area contributed by atoms with Gasteiger partial charge in [0.25, 0.3) is 0 Å². The Kier molecular flexibility index (Phi) is 5.22. The van der Waals surface area contributed by atoms with Crippen molar-refractivity contribution in [2.45, 2.75) is 51.2 Å². The summed E-state index contributed by atoms with van der Waals surface area (Å²) in [7, 11) is 0. The van der Waals surface area contributed by atoms with E-state index in [1.807, 2.05) is 18.4 Å². The summed E-state index contributed by atoms with van der Waals surface area (Å²) >= 11 is 1.52. The molecule has 4 nitrogen and oxygen atoms in total. The number of hydrogen-bond donors (Lipinski definition) is 3. The Hall–Kier alpha value is -1.07. The van der Waals surface area contributed by atoms with Gasteiger partial charge in [-0.15, -0.1) is 11.3 Å². The molecule has 1 aromatic heterocycles. The first-order valence-corrected chi connectivity index (χ1v) is 7.81. The standard InChI is InChI=1S/C14H22N2O2S/c1-10-7-8-19-13(10)12(17)9-15-14(18)16-11-5-3-2-4-6-11/h7-8,11-12,17H,2-6,9H2,1H3,(H2,15,16,18). The number of aliphatic hydroxyl groups is 1. The van der Waals surface area contributed by atoms with E-state index < -0.39 is 6.10 Å². The lowest BCUT2D eigenvalue weighted by Crippen LogP contribution is -2.44. The van der Waals surface area contributed by atoms with Gasteiger partial charge >= 0.3 is 6.03 Å². The minimum atomic E-state index is -0.614. The Balaban J connectivity index is 1.72. The fourth-order valence-corrected chi connectivity index (χ4v) is 3.40. The van der Waals surface area contributed by atoms with Crippen molar-refractivity contribution in [3.05, 3.63) is 21.9 Å². The number of amides is 2. The van der Waals surface area contributed by atoms with Crippen LogP contribution >= 0.6 is 11.3 Å². The number of rotatable bonds is 4. The second-order valence-corrected chi connectivity index (χ2v) is 6.12. The molecule has 1 fully saturated rings. The van der Waals surface area contributed by atoms with Gasteiger partial charge in [0, 0.05) is 10.9 Å². The molecule has 1 atom stereocenters. The van der Waals surface area contributed by atoms with Crippen molar-refractivity contribution in [2.24, 2.45) is 0 Å². The fraction of sp³-hybridized carbons (Fsp3) is 0.643. The van der Waals surface area contributed by atoms with E-state index in [1.54, 1.807) is 0 Å². The van der Waals surface area contributed by atoms with Gasteiger partial charge in [-0.05, 0) is 36.8 Å². The minimum Gasteiger partial charge on any atom is -0.386 e. The number of urea groups is 1. The van der Waals surface area contributed by atoms with Crippen LogP contribution in [0.4, 0.5) is 4.79 Å². The van der Waals surface area contributed by atoms with Crippen LogP contribution in [0.3, 0.4) is 0 Å². The maximum absolute atomic E-state index is 11.7. The number of thiophene rings is 1. The molecule has 2 amide bonds. The Morgan fingerprint density at radius 2 is 2.21 bits per heavy atom. The smallest absolute Gasteiger partial charge is 0.315 e. The van der Waals surface area contributed by atoms with Crippen molar-refractivity contribution in [1.82, 2.24) is 10.6 Å². The molecule has 1 heterocycles. The van der Waals surface area contributed by atoms with E-state index in [0.29, 0.717) is 6.04 Å². The van der Waals surface area contributed by atoms with Gasteiger partial charge in [-0.3, -0.25) is 0 Å². The van der Waals surface area contributed by atoms with Crippen molar-refractivity contribution in [1.29, 1.82) is 0 Å². The molecule has 106 valence electrons. The van der Waals surface area contributed by atoms with E-state index >= 15 is 0 Å². The molecule has 1 unspecified atom stereocenters. The van der Waals surface area contributed by atoms with Gasteiger partial charge in [0.1, 0.15) is 6.10 Å². The highest BCUT2D eigenvalue weighted by Gasteiger charge is 2.17. The third kappa shape index (κ3) is 4.21. The zero-order valence-electron chi connectivity index (χ0n) is 11.3. The number of aliphatic hydroxyl groups excluding tert-OH is 1. The molecule has 1 aliphatic rings. The summed E-state index contributed by atoms with van der Waals surface area (Å²) in [4.78, 5) is 12.7. The number of carbonyl (C=O) groups is 1. The van der Waals surface area contributed by atoms with Crippen molar-refractivity contribution in [2.75, 3.05) is 6.54 Å². The van der Waals surface area contributed by atoms with Crippen LogP contribution in [0.2, 0.25) is 0 Å². The number of nitrogens with one attached hydrogen (secondary N) is 2. The summed E-state index contributed by atoms with van der Waals surface area (Å²) in [5, 5.41) is 17.7. The molecule has 2 rings (SSSR count). The predicted octanol–water partition coefficient (Wildman–Crippen LogP) is 2.72. The Labute approximate surface area is 118 Å². The summed E-state index contributed by atoms with van der Waals surface area (Å²) in [6.07, 6.45) is 5.19. The van der Waals surface area contributed by atoms with Crippen LogP contribution in [0.15, 0.2) is 11.4 Å². The van der Waals surface area contributed by atoms with Crippen LogP contribution < -0.4 is 10.6 Å². The van der Waals surface area contributed by atoms with Crippen LogP contribution in [0, 0.1) is 6.92 Å². The highest BCUT2D eigenvalue weighted by Crippen LogP contribution is 2.23. The fourth-order valence-electron chi connectivity index (χ4n) is 2.49. The lowest BCUT2D eigenvalue weighted by atomic mass is 9.96. The molecular formula is C14H22N2O2S. The first-order chi connectivity index (χ1) is 9.16. The summed E-state index contributed by atoms with van der Waals surface area (Å²) in [5.41, 5.74) is 1.08. The second kappa shape index (κ2) is 6.91. The highest BCUT2D eigenvalue weighted by molar-refractivity contribution is 7.10. The first-order valence-electron chi connectivity index (χ1n) is 6.93. The van der Waals surface area contributed by atoms with Gasteiger partial charge in [0.2, 0.25) is 0 Å². The van der Waals surface area contributed by atoms with Crippen LogP contribution in [0.1, 0.15) is 48.6 Å². The Morgan fingerprint density at radius 1 is 1.47 bits per heavy atom. The molecule has 3 N–H and O–H groups in total. The number of hydrogen-bond acceptors (Lipinski definition) is 3. The average molecular weight is 282 g/mol. The third-order valence-electron chi connectivity index (χ3n) is 3.60. The lowest BCUT2D eigenvalue weighted by molar-refractivity contribution is 0.174. The maximum atomic E-state index is 11.7. The van der Waals surface area contributed by atoms with E-state index in [9.17, 15) is 9.90 Å². The molecule has 0 saturated heterocycles. The molecule has 0 aliphatic heterocycles. The molecule has 0 bridgehead atoms. The quantitative estimate of drug-likeness (QED) is 0.795. The summed E-state index contributed by atoms with van der Waals surface area (Å²) in [6, 6.07) is 2.11. The molecule has 5 heteroatoms. The van der Waals surface area contributed by atoms with Gasteiger partial charge < -0.3 is 15.7 Å². The summed E-state index contributed by atoms with van der Waals surface area (Å²) in [5.74, 6) is 0. The van der Waals surface area contributed by atoms with Crippen LogP contribution in [-0.4, -0.2) is 23.7 Å². The predicted molar refractivity (Wildman–Crippen MR) is 77.4 cm³/mol. The van der Waals surface area contributed by atoms with E-state index in [4.69, 9.17) is 0 Å². The average Bonchev–Trinajstić information content (AvgIpc) is 2.83. The zero-order valence-corrected chi connectivity index (χ0v) is 12.1. The van der Waals surface area contributed by atoms with E-state index in [2.05, 4.69) is 10.6 Å². The maximum Gasteiger partial charge on any atom is 0.315 e. The Morgan fingerprint density at radius 3 is 2.84 bits per heavy atom. The van der Waals surface area contributed by atoms with Gasteiger partial charge in [0.05, 0.1) is 6.54 Å². The zero-order chi connectivity index (χ0) is 13.7. The topological polar surface area (TPSA) is 61.4 Å². The third-order valence-corrected chi connectivity index (χ3v) is 4.72. The molecule has 0 radical (unpaired) electrons. The van der Waals surface area contributed by atoms with Crippen molar-refractivity contribution in [3.63, 3.8) is 0 Å². The van der Waals surface area contributed by atoms with Gasteiger partial charge in [-0.25, -0.2) is 4.79 Å². The number of carbonyl (C=O) groups excluding carboxylic acids is 1. The van der Waals surface area contributed by atoms with Gasteiger partial charge in [-0.1, -0.05) is 19.3 Å². The van der Waals surface area contributed by atoms with Crippen molar-refractivity contribution < 1.29 is 9.90 Å². The van der Waals surface area contributed by atoms with Gasteiger partial charge in [0.15, 0.2) is 0 Å². The second-order valence-electron chi connectivity index (χ2n) is 5.17. The van der Waals surface area contributed by atoms with E-state index in [0.717, 1.165) is 23.3 Å². The molecule has 0 spiro atoms. The Bertz CT molecular complexity index is 413. The van der Waals surface area contributed by atoms with Crippen LogP contribution in [0.5, 0.6) is 0 Å². The molecule has 1 aliphatic carbocycles.